The Balaban J connectivity index is 1.67. The third-order valence-corrected chi connectivity index (χ3v) is 5.10. The number of rotatable bonds is 9. The molecule has 0 saturated carbocycles. The lowest BCUT2D eigenvalue weighted by Gasteiger charge is -2.29. The quantitative estimate of drug-likeness (QED) is 0.379. The van der Waals surface area contributed by atoms with Gasteiger partial charge in [-0.15, -0.1) is 0 Å². The number of pyridine rings is 1. The standard InChI is InChI=1S/C22H24F2N6O2/c1-22(23,24)32-17-4-2-16(3-5-17)29-21-19(20(25)14-10-26-11-14)18(6-7-27-21)15-12-28-30(13-15)8-9-31/h2-7,12-14,25-26,31H,8-11H2,1H3,(H,27,29). The van der Waals surface area contributed by atoms with Crippen molar-refractivity contribution in [1.29, 1.82) is 5.41 Å². The van der Waals surface area contributed by atoms with Gasteiger partial charge in [0, 0.05) is 60.9 Å². The number of ether oxygens (including phenoxy) is 1. The van der Waals surface area contributed by atoms with E-state index in [0.717, 1.165) is 11.1 Å². The summed E-state index contributed by atoms with van der Waals surface area (Å²) in [4.78, 5) is 4.46. The van der Waals surface area contributed by atoms with Gasteiger partial charge in [-0.1, -0.05) is 0 Å². The molecule has 1 fully saturated rings. The smallest absolute Gasteiger partial charge is 0.394 e. The van der Waals surface area contributed by atoms with E-state index in [1.807, 2.05) is 12.3 Å². The van der Waals surface area contributed by atoms with E-state index in [1.54, 1.807) is 29.2 Å². The molecule has 10 heteroatoms. The molecule has 0 unspecified atom stereocenters. The molecule has 4 rings (SSSR count). The summed E-state index contributed by atoms with van der Waals surface area (Å²) in [6, 6.07) is 7.97. The maximum absolute atomic E-state index is 13.1. The fourth-order valence-corrected chi connectivity index (χ4v) is 3.44. The van der Waals surface area contributed by atoms with Crippen molar-refractivity contribution in [3.8, 4) is 16.9 Å². The average Bonchev–Trinajstić information content (AvgIpc) is 3.16. The first kappa shape index (κ1) is 21.8. The summed E-state index contributed by atoms with van der Waals surface area (Å²) in [5.74, 6) is 0.604. The van der Waals surface area contributed by atoms with Gasteiger partial charge in [0.2, 0.25) is 0 Å². The zero-order chi connectivity index (χ0) is 22.7. The first-order valence-electron chi connectivity index (χ1n) is 10.2. The normalized spacial score (nSPS) is 14.1. The van der Waals surface area contributed by atoms with Crippen LogP contribution in [0.25, 0.3) is 11.1 Å². The van der Waals surface area contributed by atoms with E-state index in [4.69, 9.17) is 5.41 Å². The Bertz CT molecular complexity index is 1090. The lowest BCUT2D eigenvalue weighted by molar-refractivity contribution is -0.158. The van der Waals surface area contributed by atoms with Gasteiger partial charge in [-0.25, -0.2) is 4.98 Å². The Kier molecular flexibility index (Phi) is 6.15. The summed E-state index contributed by atoms with van der Waals surface area (Å²) >= 11 is 0. The first-order valence-corrected chi connectivity index (χ1v) is 10.2. The number of alkyl halides is 2. The van der Waals surface area contributed by atoms with E-state index < -0.39 is 6.11 Å². The second-order valence-electron chi connectivity index (χ2n) is 7.63. The van der Waals surface area contributed by atoms with Crippen molar-refractivity contribution in [2.24, 2.45) is 5.92 Å². The molecule has 0 radical (unpaired) electrons. The van der Waals surface area contributed by atoms with Crippen LogP contribution in [0.4, 0.5) is 20.3 Å². The Morgan fingerprint density at radius 1 is 1.31 bits per heavy atom. The number of aliphatic hydroxyl groups is 1. The van der Waals surface area contributed by atoms with Crippen LogP contribution in [0.15, 0.2) is 48.9 Å². The average molecular weight is 442 g/mol. The third kappa shape index (κ3) is 4.92. The summed E-state index contributed by atoms with van der Waals surface area (Å²) in [6.45, 7) is 2.47. The van der Waals surface area contributed by atoms with Crippen LogP contribution in [0.1, 0.15) is 12.5 Å². The molecule has 3 aromatic rings. The summed E-state index contributed by atoms with van der Waals surface area (Å²) in [7, 11) is 0. The fraction of sp³-hybridized carbons (Fsp3) is 0.318. The molecular weight excluding hydrogens is 418 g/mol. The number of halogens is 2. The van der Waals surface area contributed by atoms with Gasteiger partial charge in [-0.2, -0.15) is 13.9 Å². The molecule has 1 aliphatic rings. The van der Waals surface area contributed by atoms with Gasteiger partial charge in [-0.3, -0.25) is 4.68 Å². The molecule has 0 atom stereocenters. The van der Waals surface area contributed by atoms with E-state index in [0.29, 0.717) is 49.3 Å². The molecular formula is C22H24F2N6O2. The zero-order valence-electron chi connectivity index (χ0n) is 17.5. The topological polar surface area (TPSA) is 108 Å². The molecule has 4 N–H and O–H groups in total. The second kappa shape index (κ2) is 9.01. The SMILES string of the molecule is CC(F)(F)Oc1ccc(Nc2nccc(-c3cnn(CCO)c3)c2C(=N)C2CNC2)cc1. The third-order valence-electron chi connectivity index (χ3n) is 5.10. The predicted octanol–water partition coefficient (Wildman–Crippen LogP) is 3.26. The maximum atomic E-state index is 13.1. The Morgan fingerprint density at radius 2 is 2.06 bits per heavy atom. The highest BCUT2D eigenvalue weighted by atomic mass is 19.3. The summed E-state index contributed by atoms with van der Waals surface area (Å²) < 4.78 is 32.4. The Labute approximate surface area is 183 Å². The lowest BCUT2D eigenvalue weighted by atomic mass is 9.88. The van der Waals surface area contributed by atoms with E-state index in [1.165, 1.54) is 12.1 Å². The molecule has 1 aromatic carbocycles. The van der Waals surface area contributed by atoms with E-state index in [2.05, 4.69) is 25.5 Å². The van der Waals surface area contributed by atoms with Crippen molar-refractivity contribution in [1.82, 2.24) is 20.1 Å². The summed E-state index contributed by atoms with van der Waals surface area (Å²) in [6.07, 6.45) is 1.90. The number of nitrogens with zero attached hydrogens (tertiary/aromatic N) is 3. The molecule has 0 amide bonds. The van der Waals surface area contributed by atoms with Gasteiger partial charge >= 0.3 is 6.11 Å². The Morgan fingerprint density at radius 3 is 2.69 bits per heavy atom. The Hall–Kier alpha value is -3.37. The van der Waals surface area contributed by atoms with Gasteiger partial charge in [0.1, 0.15) is 11.6 Å². The summed E-state index contributed by atoms with van der Waals surface area (Å²) in [5.41, 5.74) is 3.34. The largest absolute Gasteiger partial charge is 0.433 e. The second-order valence-corrected chi connectivity index (χ2v) is 7.63. The minimum Gasteiger partial charge on any atom is -0.433 e. The number of aromatic nitrogens is 3. The molecule has 0 bridgehead atoms. The van der Waals surface area contributed by atoms with Crippen LogP contribution in [0, 0.1) is 11.3 Å². The molecule has 3 heterocycles. The minimum atomic E-state index is -3.26. The molecule has 168 valence electrons. The van der Waals surface area contributed by atoms with Crippen LogP contribution < -0.4 is 15.4 Å². The fourth-order valence-electron chi connectivity index (χ4n) is 3.44. The number of hydrogen-bond acceptors (Lipinski definition) is 7. The van der Waals surface area contributed by atoms with Crippen molar-refractivity contribution in [2.75, 3.05) is 25.0 Å². The van der Waals surface area contributed by atoms with Crippen LogP contribution in [0.3, 0.4) is 0 Å². The van der Waals surface area contributed by atoms with Crippen LogP contribution >= 0.6 is 0 Å². The van der Waals surface area contributed by atoms with Crippen molar-refractivity contribution < 1.29 is 18.6 Å². The number of anilines is 2. The predicted molar refractivity (Wildman–Crippen MR) is 117 cm³/mol. The summed E-state index contributed by atoms with van der Waals surface area (Å²) in [5, 5.41) is 28.6. The van der Waals surface area contributed by atoms with Gasteiger partial charge in [0.25, 0.3) is 0 Å². The molecule has 2 aromatic heterocycles. The van der Waals surface area contributed by atoms with E-state index >= 15 is 0 Å². The minimum absolute atomic E-state index is 0.0234. The zero-order valence-corrected chi connectivity index (χ0v) is 17.5. The molecule has 0 spiro atoms. The number of nitrogens with one attached hydrogen (secondary N) is 3. The monoisotopic (exact) mass is 442 g/mol. The maximum Gasteiger partial charge on any atom is 0.394 e. The van der Waals surface area contributed by atoms with Gasteiger partial charge in [-0.05, 0) is 35.9 Å². The first-order chi connectivity index (χ1) is 15.3. The molecule has 1 saturated heterocycles. The van der Waals surface area contributed by atoms with Crippen molar-refractivity contribution in [3.05, 3.63) is 54.5 Å². The molecule has 32 heavy (non-hydrogen) atoms. The number of aliphatic hydroxyl groups excluding tert-OH is 1. The van der Waals surface area contributed by atoms with Crippen LogP contribution in [0.2, 0.25) is 0 Å². The van der Waals surface area contributed by atoms with Crippen LogP contribution in [-0.4, -0.2) is 51.4 Å². The molecule has 0 aliphatic carbocycles. The highest BCUT2D eigenvalue weighted by Gasteiger charge is 2.28. The highest BCUT2D eigenvalue weighted by Crippen LogP contribution is 2.33. The van der Waals surface area contributed by atoms with Crippen LogP contribution in [0.5, 0.6) is 5.75 Å². The van der Waals surface area contributed by atoms with E-state index in [-0.39, 0.29) is 18.3 Å². The van der Waals surface area contributed by atoms with Gasteiger partial charge in [0.15, 0.2) is 0 Å². The van der Waals surface area contributed by atoms with Crippen molar-refractivity contribution >= 4 is 17.2 Å². The number of hydrogen-bond donors (Lipinski definition) is 4. The number of benzene rings is 1. The van der Waals surface area contributed by atoms with Gasteiger partial charge in [0.05, 0.1) is 19.3 Å². The van der Waals surface area contributed by atoms with Crippen LogP contribution in [-0.2, 0) is 6.54 Å². The van der Waals surface area contributed by atoms with Crippen molar-refractivity contribution in [3.63, 3.8) is 0 Å². The van der Waals surface area contributed by atoms with Crippen molar-refractivity contribution in [2.45, 2.75) is 19.6 Å². The molecule has 8 nitrogen and oxygen atoms in total. The highest BCUT2D eigenvalue weighted by molar-refractivity contribution is 6.10. The molecule has 1 aliphatic heterocycles. The van der Waals surface area contributed by atoms with Gasteiger partial charge < -0.3 is 25.9 Å². The van der Waals surface area contributed by atoms with E-state index in [9.17, 15) is 13.9 Å². The lowest BCUT2D eigenvalue weighted by Crippen LogP contribution is -2.46.